The molecule has 5 atom stereocenters. The van der Waals surface area contributed by atoms with Crippen LogP contribution in [0.2, 0.25) is 0 Å². The number of fused-ring (bicyclic) bond motifs is 2. The first-order valence-electron chi connectivity index (χ1n) is 14.3. The van der Waals surface area contributed by atoms with Crippen LogP contribution in [0.1, 0.15) is 56.9 Å². The molecular formula is C29H35N5O7S. The Bertz CT molecular complexity index is 1450. The zero-order chi connectivity index (χ0) is 30.1. The van der Waals surface area contributed by atoms with Gasteiger partial charge >= 0.3 is 6.09 Å². The van der Waals surface area contributed by atoms with Gasteiger partial charge in [-0.05, 0) is 69.6 Å². The monoisotopic (exact) mass is 597 g/mol. The van der Waals surface area contributed by atoms with Gasteiger partial charge in [0.15, 0.2) is 0 Å². The van der Waals surface area contributed by atoms with E-state index in [0.29, 0.717) is 30.6 Å². The van der Waals surface area contributed by atoms with Gasteiger partial charge in [-0.25, -0.2) is 13.2 Å². The standard InChI is InChI=1S/C29H35N5O7S/c1-34-12-5-3-2-4-8-19-16-29(19,27(37)33-42(39,40)22-10-11-22)32-25(35)23-14-21(15-24(23)26(34)36)41-28(38)31-20-9-6-7-18(13-20)17-30/h4,6-9,13,19,21-24H,2-3,5,10-12,14-16H2,1H3,(H,31,38)(H,32,35)(H,33,37)/b8-4-/t19-,21+,23+,24+,29+/m0/s1. The van der Waals surface area contributed by atoms with E-state index in [9.17, 15) is 27.6 Å². The highest BCUT2D eigenvalue weighted by Crippen LogP contribution is 2.47. The molecule has 224 valence electrons. The quantitative estimate of drug-likeness (QED) is 0.433. The summed E-state index contributed by atoms with van der Waals surface area (Å²) in [6, 6.07) is 8.31. The summed E-state index contributed by atoms with van der Waals surface area (Å²) < 4.78 is 32.9. The van der Waals surface area contributed by atoms with Crippen LogP contribution in [0.15, 0.2) is 36.4 Å². The number of benzene rings is 1. The van der Waals surface area contributed by atoms with Crippen molar-refractivity contribution in [2.45, 2.75) is 68.3 Å². The van der Waals surface area contributed by atoms with Gasteiger partial charge in [-0.1, -0.05) is 18.2 Å². The topological polar surface area (TPSA) is 175 Å². The molecular weight excluding hydrogens is 562 g/mol. The van der Waals surface area contributed by atoms with E-state index in [-0.39, 0.29) is 31.1 Å². The van der Waals surface area contributed by atoms with E-state index in [0.717, 1.165) is 19.3 Å². The number of hydrogen-bond acceptors (Lipinski definition) is 8. The summed E-state index contributed by atoms with van der Waals surface area (Å²) in [6.45, 7) is 0.507. The third kappa shape index (κ3) is 6.43. The lowest BCUT2D eigenvalue weighted by Crippen LogP contribution is -2.54. The van der Waals surface area contributed by atoms with Gasteiger partial charge in [0, 0.05) is 25.2 Å². The molecule has 3 saturated carbocycles. The maximum Gasteiger partial charge on any atom is 0.411 e. The number of sulfonamides is 1. The summed E-state index contributed by atoms with van der Waals surface area (Å²) in [5.74, 6) is -3.63. The normalized spacial score (nSPS) is 30.4. The van der Waals surface area contributed by atoms with Crippen molar-refractivity contribution in [3.8, 4) is 6.07 Å². The minimum absolute atomic E-state index is 0.0559. The van der Waals surface area contributed by atoms with Crippen molar-refractivity contribution in [1.29, 1.82) is 5.26 Å². The van der Waals surface area contributed by atoms with Crippen LogP contribution in [-0.4, -0.2) is 67.6 Å². The molecule has 3 N–H and O–H groups in total. The van der Waals surface area contributed by atoms with Gasteiger partial charge in [0.25, 0.3) is 5.91 Å². The van der Waals surface area contributed by atoms with Gasteiger partial charge in [-0.15, -0.1) is 0 Å². The van der Waals surface area contributed by atoms with Crippen LogP contribution < -0.4 is 15.4 Å². The molecule has 0 aromatic heterocycles. The van der Waals surface area contributed by atoms with Crippen molar-refractivity contribution in [3.05, 3.63) is 42.0 Å². The van der Waals surface area contributed by atoms with E-state index in [2.05, 4.69) is 15.4 Å². The van der Waals surface area contributed by atoms with Gasteiger partial charge in [-0.2, -0.15) is 5.26 Å². The first-order valence-corrected chi connectivity index (χ1v) is 15.8. The largest absolute Gasteiger partial charge is 0.446 e. The van der Waals surface area contributed by atoms with Crippen molar-refractivity contribution < 1.29 is 32.3 Å². The molecule has 3 fully saturated rings. The first-order chi connectivity index (χ1) is 20.0. The summed E-state index contributed by atoms with van der Waals surface area (Å²) in [5, 5.41) is 13.9. The number of hydrogen-bond donors (Lipinski definition) is 3. The molecule has 13 heteroatoms. The first kappa shape index (κ1) is 29.6. The minimum atomic E-state index is -3.83. The molecule has 42 heavy (non-hydrogen) atoms. The molecule has 0 saturated heterocycles. The molecule has 4 aliphatic rings. The zero-order valence-electron chi connectivity index (χ0n) is 23.4. The van der Waals surface area contributed by atoms with Crippen molar-refractivity contribution >= 4 is 39.5 Å². The van der Waals surface area contributed by atoms with E-state index >= 15 is 0 Å². The van der Waals surface area contributed by atoms with E-state index in [1.807, 2.05) is 18.2 Å². The Balaban J connectivity index is 1.34. The maximum absolute atomic E-state index is 13.7. The molecule has 0 spiro atoms. The van der Waals surface area contributed by atoms with Gasteiger partial charge in [0.2, 0.25) is 21.8 Å². The van der Waals surface area contributed by atoms with E-state index < -0.39 is 56.7 Å². The fourth-order valence-electron chi connectivity index (χ4n) is 5.86. The predicted octanol–water partition coefficient (Wildman–Crippen LogP) is 2.18. The Morgan fingerprint density at radius 3 is 2.67 bits per heavy atom. The third-order valence-electron chi connectivity index (χ3n) is 8.51. The van der Waals surface area contributed by atoms with Crippen LogP contribution >= 0.6 is 0 Å². The molecule has 0 bridgehead atoms. The lowest BCUT2D eigenvalue weighted by atomic mass is 9.93. The van der Waals surface area contributed by atoms with Crippen molar-refractivity contribution in [1.82, 2.24) is 14.9 Å². The average molecular weight is 598 g/mol. The van der Waals surface area contributed by atoms with E-state index in [4.69, 9.17) is 10.00 Å². The number of nitrogens with one attached hydrogen (secondary N) is 3. The number of carbonyl (C=O) groups is 4. The summed E-state index contributed by atoms with van der Waals surface area (Å²) >= 11 is 0. The van der Waals surface area contributed by atoms with Crippen LogP contribution in [-0.2, 0) is 29.1 Å². The summed E-state index contributed by atoms with van der Waals surface area (Å²) in [6.07, 6.45) is 5.93. The smallest absolute Gasteiger partial charge is 0.411 e. The second kappa shape index (κ2) is 11.8. The van der Waals surface area contributed by atoms with Crippen molar-refractivity contribution in [2.75, 3.05) is 18.9 Å². The lowest BCUT2D eigenvalue weighted by Gasteiger charge is -2.26. The highest BCUT2D eigenvalue weighted by molar-refractivity contribution is 7.91. The number of rotatable bonds is 5. The van der Waals surface area contributed by atoms with E-state index in [1.54, 1.807) is 30.1 Å². The van der Waals surface area contributed by atoms with Gasteiger partial charge in [-0.3, -0.25) is 24.4 Å². The highest BCUT2D eigenvalue weighted by Gasteiger charge is 2.62. The van der Waals surface area contributed by atoms with Crippen LogP contribution in [0.3, 0.4) is 0 Å². The number of carbonyl (C=O) groups excluding carboxylic acids is 4. The van der Waals surface area contributed by atoms with Gasteiger partial charge < -0.3 is 15.0 Å². The number of nitriles is 1. The highest BCUT2D eigenvalue weighted by atomic mass is 32.2. The maximum atomic E-state index is 13.7. The predicted molar refractivity (Wildman–Crippen MR) is 151 cm³/mol. The van der Waals surface area contributed by atoms with Crippen LogP contribution in [0, 0.1) is 29.1 Å². The number of ether oxygens (including phenoxy) is 1. The molecule has 1 heterocycles. The van der Waals surface area contributed by atoms with E-state index in [1.165, 1.54) is 6.07 Å². The van der Waals surface area contributed by atoms with Crippen LogP contribution in [0.5, 0.6) is 0 Å². The molecule has 3 aliphatic carbocycles. The third-order valence-corrected chi connectivity index (χ3v) is 10.3. The summed E-state index contributed by atoms with van der Waals surface area (Å²) in [5.41, 5.74) is -0.702. The second-order valence-corrected chi connectivity index (χ2v) is 13.6. The molecule has 1 aromatic carbocycles. The molecule has 4 amide bonds. The number of amides is 4. The fraction of sp³-hybridized carbons (Fsp3) is 0.552. The SMILES string of the molecule is CN1CCCC/C=C\[C@H]2C[C@@]2(C(=O)NS(=O)(=O)C2CC2)NC(=O)[C@@H]2C[C@@H](OC(=O)Nc3cccc(C#N)c3)C[C@H]2C1=O. The summed E-state index contributed by atoms with van der Waals surface area (Å²) in [7, 11) is -2.15. The Morgan fingerprint density at radius 1 is 1.17 bits per heavy atom. The van der Waals surface area contributed by atoms with Crippen molar-refractivity contribution in [3.63, 3.8) is 0 Å². The fourth-order valence-corrected chi connectivity index (χ4v) is 7.22. The lowest BCUT2D eigenvalue weighted by molar-refractivity contribution is -0.140. The zero-order valence-corrected chi connectivity index (χ0v) is 24.2. The Morgan fingerprint density at radius 2 is 1.93 bits per heavy atom. The van der Waals surface area contributed by atoms with Crippen molar-refractivity contribution in [2.24, 2.45) is 17.8 Å². The van der Waals surface area contributed by atoms with Crippen LogP contribution in [0.4, 0.5) is 10.5 Å². The Labute approximate surface area is 244 Å². The minimum Gasteiger partial charge on any atom is -0.446 e. The average Bonchev–Trinajstić information content (AvgIpc) is 3.87. The van der Waals surface area contributed by atoms with Gasteiger partial charge in [0.05, 0.1) is 28.7 Å². The van der Waals surface area contributed by atoms with Crippen LogP contribution in [0.25, 0.3) is 0 Å². The molecule has 5 rings (SSSR count). The second-order valence-electron chi connectivity index (χ2n) is 11.7. The van der Waals surface area contributed by atoms with Gasteiger partial charge in [0.1, 0.15) is 11.6 Å². The molecule has 0 unspecified atom stereocenters. The molecule has 1 aliphatic heterocycles. The number of allylic oxidation sites excluding steroid dienone is 1. The molecule has 12 nitrogen and oxygen atoms in total. The Kier molecular flexibility index (Phi) is 8.28. The molecule has 1 aromatic rings. The number of nitrogens with zero attached hydrogens (tertiary/aromatic N) is 2. The number of anilines is 1. The summed E-state index contributed by atoms with van der Waals surface area (Å²) in [4.78, 5) is 54.8. The molecule has 0 radical (unpaired) electrons. The Hall–Kier alpha value is -3.92.